The standard InChI is InChI=1S/C25H29N7O4S/c1-15-9-18(13-26-11-15)25-30-29-23(32(25)24-21(35-4)7-6-8-22(24)36-5)10-19(17(3)31-37(33)34)20-14-27-16(2)12-28-20/h6-9,11-14,17,19,37H,10H2,1-5H3,(H,31,33,34)/t17-,19-/m1/s1. The van der Waals surface area contributed by atoms with Gasteiger partial charge in [0.15, 0.2) is 5.82 Å². The Bertz CT molecular complexity index is 1420. The number of rotatable bonds is 10. The number of hydrogen-bond acceptors (Lipinski definition) is 9. The van der Waals surface area contributed by atoms with Gasteiger partial charge in [0, 0.05) is 48.7 Å². The molecule has 0 radical (unpaired) electrons. The molecule has 4 aromatic rings. The minimum Gasteiger partial charge on any atom is -0.494 e. The van der Waals surface area contributed by atoms with E-state index in [4.69, 9.17) is 9.47 Å². The highest BCUT2D eigenvalue weighted by Gasteiger charge is 2.28. The molecule has 0 bridgehead atoms. The van der Waals surface area contributed by atoms with Crippen molar-refractivity contribution in [2.24, 2.45) is 0 Å². The van der Waals surface area contributed by atoms with Crippen molar-refractivity contribution in [1.82, 2.24) is 34.4 Å². The molecular formula is C25H29N7O4S. The summed E-state index contributed by atoms with van der Waals surface area (Å²) in [5, 5.41) is 9.06. The number of hydrogen-bond donors (Lipinski definition) is 2. The molecule has 1 N–H and O–H groups in total. The fourth-order valence-electron chi connectivity index (χ4n) is 4.18. The summed E-state index contributed by atoms with van der Waals surface area (Å²) in [4.78, 5) is 13.2. The predicted octanol–water partition coefficient (Wildman–Crippen LogP) is 2.58. The largest absolute Gasteiger partial charge is 0.494 e. The van der Waals surface area contributed by atoms with Crippen molar-refractivity contribution >= 4 is 10.9 Å². The van der Waals surface area contributed by atoms with Gasteiger partial charge in [-0.05, 0) is 44.5 Å². The van der Waals surface area contributed by atoms with E-state index < -0.39 is 22.8 Å². The molecule has 0 unspecified atom stereocenters. The van der Waals surface area contributed by atoms with Gasteiger partial charge in [0.25, 0.3) is 0 Å². The van der Waals surface area contributed by atoms with Gasteiger partial charge in [-0.25, -0.2) is 13.1 Å². The van der Waals surface area contributed by atoms with Crippen molar-refractivity contribution in [3.63, 3.8) is 0 Å². The first-order chi connectivity index (χ1) is 17.8. The van der Waals surface area contributed by atoms with Gasteiger partial charge in [-0.15, -0.1) is 10.2 Å². The van der Waals surface area contributed by atoms with Crippen LogP contribution in [-0.4, -0.2) is 58.4 Å². The Kier molecular flexibility index (Phi) is 8.09. The Labute approximate surface area is 217 Å². The number of para-hydroxylation sites is 1. The number of nitrogens with one attached hydrogen (secondary N) is 1. The van der Waals surface area contributed by atoms with Crippen LogP contribution < -0.4 is 14.2 Å². The molecule has 0 amide bonds. The molecule has 0 fully saturated rings. The third-order valence-electron chi connectivity index (χ3n) is 5.98. The highest BCUT2D eigenvalue weighted by molar-refractivity contribution is 7.70. The summed E-state index contributed by atoms with van der Waals surface area (Å²) in [6.07, 6.45) is 7.09. The zero-order chi connectivity index (χ0) is 26.5. The molecule has 11 nitrogen and oxygen atoms in total. The first kappa shape index (κ1) is 26.2. The van der Waals surface area contributed by atoms with E-state index in [9.17, 15) is 8.42 Å². The molecular weight excluding hydrogens is 494 g/mol. The molecule has 1 aromatic carbocycles. The van der Waals surface area contributed by atoms with Gasteiger partial charge in [-0.1, -0.05) is 6.07 Å². The van der Waals surface area contributed by atoms with Crippen LogP contribution in [0.15, 0.2) is 49.1 Å². The van der Waals surface area contributed by atoms with Crippen molar-refractivity contribution < 1.29 is 17.9 Å². The van der Waals surface area contributed by atoms with Crippen molar-refractivity contribution in [2.75, 3.05) is 14.2 Å². The smallest absolute Gasteiger partial charge is 0.201 e. The van der Waals surface area contributed by atoms with E-state index >= 15 is 0 Å². The molecule has 12 heteroatoms. The maximum absolute atomic E-state index is 11.5. The lowest BCUT2D eigenvalue weighted by molar-refractivity contribution is 0.390. The Morgan fingerprint density at radius 1 is 1.00 bits per heavy atom. The number of benzene rings is 1. The predicted molar refractivity (Wildman–Crippen MR) is 139 cm³/mol. The van der Waals surface area contributed by atoms with E-state index in [0.29, 0.717) is 40.9 Å². The monoisotopic (exact) mass is 523 g/mol. The first-order valence-corrected chi connectivity index (χ1v) is 12.8. The van der Waals surface area contributed by atoms with Crippen molar-refractivity contribution in [3.05, 3.63) is 71.8 Å². The van der Waals surface area contributed by atoms with Crippen LogP contribution in [-0.2, 0) is 17.3 Å². The van der Waals surface area contributed by atoms with Crippen LogP contribution in [0.4, 0.5) is 0 Å². The molecule has 0 aliphatic carbocycles. The van der Waals surface area contributed by atoms with Gasteiger partial charge < -0.3 is 9.47 Å². The summed E-state index contributed by atoms with van der Waals surface area (Å²) in [7, 11) is 0.328. The first-order valence-electron chi connectivity index (χ1n) is 11.6. The zero-order valence-corrected chi connectivity index (χ0v) is 22.1. The zero-order valence-electron chi connectivity index (χ0n) is 21.2. The van der Waals surface area contributed by atoms with E-state index in [0.717, 1.165) is 16.8 Å². The number of nitrogens with zero attached hydrogens (tertiary/aromatic N) is 6. The second kappa shape index (κ2) is 11.4. The normalized spacial score (nSPS) is 12.9. The average Bonchev–Trinajstić information content (AvgIpc) is 3.30. The number of ether oxygens (including phenoxy) is 2. The molecule has 37 heavy (non-hydrogen) atoms. The fraction of sp³-hybridized carbons (Fsp3) is 0.320. The summed E-state index contributed by atoms with van der Waals surface area (Å²) in [5.74, 6) is 1.82. The Morgan fingerprint density at radius 3 is 2.32 bits per heavy atom. The number of pyridine rings is 1. The van der Waals surface area contributed by atoms with E-state index in [-0.39, 0.29) is 0 Å². The van der Waals surface area contributed by atoms with Gasteiger partial charge in [-0.3, -0.25) is 19.5 Å². The maximum atomic E-state index is 11.5. The van der Waals surface area contributed by atoms with Crippen LogP contribution in [0.2, 0.25) is 0 Å². The quantitative estimate of drug-likeness (QED) is 0.301. The van der Waals surface area contributed by atoms with Gasteiger partial charge in [-0.2, -0.15) is 0 Å². The molecule has 0 spiro atoms. The van der Waals surface area contributed by atoms with Crippen LogP contribution in [0.3, 0.4) is 0 Å². The van der Waals surface area contributed by atoms with E-state index in [1.807, 2.05) is 42.7 Å². The average molecular weight is 524 g/mol. The van der Waals surface area contributed by atoms with Crippen LogP contribution in [0, 0.1) is 13.8 Å². The topological polar surface area (TPSA) is 134 Å². The van der Waals surface area contributed by atoms with Crippen LogP contribution in [0.25, 0.3) is 17.1 Å². The van der Waals surface area contributed by atoms with Gasteiger partial charge in [0.05, 0.1) is 25.6 Å². The maximum Gasteiger partial charge on any atom is 0.201 e. The van der Waals surface area contributed by atoms with Gasteiger partial charge in [0.2, 0.25) is 10.9 Å². The van der Waals surface area contributed by atoms with E-state index in [1.165, 1.54) is 0 Å². The SMILES string of the molecule is COc1cccc(OC)c1-n1c(C[C@@H](c2cnc(C)cn2)[C@@H](C)N[SH](=O)=O)nnc1-c1cncc(C)c1. The fourth-order valence-corrected chi connectivity index (χ4v) is 4.70. The molecule has 2 atom stereocenters. The summed E-state index contributed by atoms with van der Waals surface area (Å²) in [5.41, 5.74) is 3.72. The number of thiol groups is 1. The van der Waals surface area contributed by atoms with E-state index in [1.54, 1.807) is 45.9 Å². The highest BCUT2D eigenvalue weighted by atomic mass is 32.2. The number of aryl methyl sites for hydroxylation is 2. The molecule has 0 saturated heterocycles. The van der Waals surface area contributed by atoms with Crippen molar-refractivity contribution in [3.8, 4) is 28.6 Å². The van der Waals surface area contributed by atoms with Crippen molar-refractivity contribution in [1.29, 1.82) is 0 Å². The third-order valence-corrected chi connectivity index (χ3v) is 6.60. The summed E-state index contributed by atoms with van der Waals surface area (Å²) < 4.78 is 38.9. The third kappa shape index (κ3) is 5.75. The van der Waals surface area contributed by atoms with E-state index in [2.05, 4.69) is 29.9 Å². The molecule has 4 rings (SSSR count). The molecule has 0 saturated carbocycles. The van der Waals surface area contributed by atoms with Crippen LogP contribution in [0.1, 0.15) is 35.6 Å². The molecule has 0 aliphatic rings. The Balaban J connectivity index is 1.93. The lowest BCUT2D eigenvalue weighted by Crippen LogP contribution is -2.33. The highest BCUT2D eigenvalue weighted by Crippen LogP contribution is 2.37. The minimum atomic E-state index is -2.83. The molecule has 194 valence electrons. The lowest BCUT2D eigenvalue weighted by atomic mass is 9.94. The Morgan fingerprint density at radius 2 is 1.73 bits per heavy atom. The molecule has 3 heterocycles. The summed E-state index contributed by atoms with van der Waals surface area (Å²) in [6, 6.07) is 6.96. The van der Waals surface area contributed by atoms with Gasteiger partial charge >= 0.3 is 0 Å². The second-order valence-electron chi connectivity index (χ2n) is 8.61. The second-order valence-corrected chi connectivity index (χ2v) is 9.38. The van der Waals surface area contributed by atoms with Gasteiger partial charge in [0.1, 0.15) is 23.0 Å². The van der Waals surface area contributed by atoms with Crippen LogP contribution in [0.5, 0.6) is 11.5 Å². The Hall–Kier alpha value is -3.90. The molecule has 0 aliphatic heterocycles. The minimum absolute atomic E-state index is 0.294. The van der Waals surface area contributed by atoms with Crippen molar-refractivity contribution in [2.45, 2.75) is 39.2 Å². The summed E-state index contributed by atoms with van der Waals surface area (Å²) in [6.45, 7) is 5.58. The lowest BCUT2D eigenvalue weighted by Gasteiger charge is -2.23. The number of methoxy groups -OCH3 is 2. The number of aromatic nitrogens is 6. The molecule has 3 aromatic heterocycles. The summed E-state index contributed by atoms with van der Waals surface area (Å²) >= 11 is 0. The van der Waals surface area contributed by atoms with Crippen LogP contribution >= 0.6 is 0 Å².